The summed E-state index contributed by atoms with van der Waals surface area (Å²) >= 11 is 1.49. The fraction of sp³-hybridized carbons (Fsp3) is 0.350. The first kappa shape index (κ1) is 17.1. The molecule has 2 N–H and O–H groups in total. The van der Waals surface area contributed by atoms with Gasteiger partial charge < -0.3 is 10.5 Å². The number of carbonyl (C=O) groups excluding carboxylic acids is 1. The average molecular weight is 367 g/mol. The Bertz CT molecular complexity index is 906. The predicted molar refractivity (Wildman–Crippen MR) is 103 cm³/mol. The topological polar surface area (TPSA) is 78.1 Å². The number of benzene rings is 1. The molecule has 2 aliphatic carbocycles. The van der Waals surface area contributed by atoms with Gasteiger partial charge in [-0.1, -0.05) is 29.5 Å². The Balaban J connectivity index is 1.93. The van der Waals surface area contributed by atoms with E-state index in [9.17, 15) is 4.79 Å². The fourth-order valence-electron chi connectivity index (χ4n) is 4.01. The van der Waals surface area contributed by atoms with Gasteiger partial charge in [0.25, 0.3) is 0 Å². The van der Waals surface area contributed by atoms with Gasteiger partial charge in [0.05, 0.1) is 12.8 Å². The number of nitrogens with two attached hydrogens (primary N) is 1. The number of aromatic nitrogens is 2. The number of Topliss-reactive ketones (excluding diaryl/α,β-unsaturated/α-hetero) is 1. The van der Waals surface area contributed by atoms with Crippen LogP contribution in [-0.2, 0) is 11.2 Å². The van der Waals surface area contributed by atoms with Gasteiger partial charge in [-0.2, -0.15) is 0 Å². The standard InChI is InChI=1S/C20H21N3O2S/c1-25-13-8-6-11(7-9-13)17-16-12(4-3-5-15(16)24)10-14-18(17)19(21)23-20(22-14)26-2/h6-9,17H,3-5,10H2,1-2H3,(H2,21,22,23). The van der Waals surface area contributed by atoms with Gasteiger partial charge in [-0.25, -0.2) is 9.97 Å². The zero-order valence-electron chi connectivity index (χ0n) is 14.9. The number of rotatable bonds is 3. The van der Waals surface area contributed by atoms with Gasteiger partial charge >= 0.3 is 0 Å². The van der Waals surface area contributed by atoms with Crippen molar-refractivity contribution in [1.82, 2.24) is 9.97 Å². The Labute approximate surface area is 157 Å². The third kappa shape index (κ3) is 2.78. The summed E-state index contributed by atoms with van der Waals surface area (Å²) in [5, 5.41) is 0.681. The lowest BCUT2D eigenvalue weighted by molar-refractivity contribution is -0.116. The predicted octanol–water partition coefficient (Wildman–Crippen LogP) is 3.53. The Morgan fingerprint density at radius 1 is 1.19 bits per heavy atom. The Morgan fingerprint density at radius 3 is 2.65 bits per heavy atom. The number of anilines is 1. The van der Waals surface area contributed by atoms with Crippen molar-refractivity contribution in [3.05, 3.63) is 52.2 Å². The summed E-state index contributed by atoms with van der Waals surface area (Å²) in [5.41, 5.74) is 11.3. The molecule has 2 aliphatic rings. The van der Waals surface area contributed by atoms with Crippen LogP contribution >= 0.6 is 11.8 Å². The molecule has 2 aromatic rings. The highest BCUT2D eigenvalue weighted by molar-refractivity contribution is 7.98. The third-order valence-corrected chi connectivity index (χ3v) is 5.73. The number of ether oxygens (including phenoxy) is 1. The van der Waals surface area contributed by atoms with E-state index in [1.807, 2.05) is 30.5 Å². The van der Waals surface area contributed by atoms with Crippen molar-refractivity contribution in [2.45, 2.75) is 36.8 Å². The summed E-state index contributed by atoms with van der Waals surface area (Å²) in [5.74, 6) is 1.30. The van der Waals surface area contributed by atoms with Crippen molar-refractivity contribution < 1.29 is 9.53 Å². The highest BCUT2D eigenvalue weighted by atomic mass is 32.2. The first-order chi connectivity index (χ1) is 12.6. The number of fused-ring (bicyclic) bond motifs is 1. The molecule has 0 bridgehead atoms. The van der Waals surface area contributed by atoms with Crippen molar-refractivity contribution in [3.8, 4) is 5.75 Å². The van der Waals surface area contributed by atoms with Crippen LogP contribution < -0.4 is 10.5 Å². The van der Waals surface area contributed by atoms with Crippen LogP contribution in [0.2, 0.25) is 0 Å². The zero-order valence-corrected chi connectivity index (χ0v) is 15.7. The molecule has 0 aliphatic heterocycles. The molecular formula is C20H21N3O2S. The highest BCUT2D eigenvalue weighted by Crippen LogP contribution is 2.46. The quantitative estimate of drug-likeness (QED) is 0.660. The maximum absolute atomic E-state index is 12.8. The van der Waals surface area contributed by atoms with Crippen LogP contribution in [0.5, 0.6) is 5.75 Å². The minimum atomic E-state index is -0.191. The molecule has 1 aromatic carbocycles. The van der Waals surface area contributed by atoms with Gasteiger partial charge in [0.1, 0.15) is 11.6 Å². The van der Waals surface area contributed by atoms with Gasteiger partial charge in [-0.15, -0.1) is 0 Å². The SMILES string of the molecule is COc1ccc(C2C3=C(CCCC3=O)Cc3nc(SC)nc(N)c32)cc1. The summed E-state index contributed by atoms with van der Waals surface area (Å²) in [6.45, 7) is 0. The second-order valence-electron chi connectivity index (χ2n) is 6.63. The molecule has 0 spiro atoms. The average Bonchev–Trinajstić information content (AvgIpc) is 2.66. The van der Waals surface area contributed by atoms with E-state index < -0.39 is 0 Å². The summed E-state index contributed by atoms with van der Waals surface area (Å²) in [7, 11) is 1.64. The lowest BCUT2D eigenvalue weighted by atomic mass is 9.71. The largest absolute Gasteiger partial charge is 0.497 e. The first-order valence-corrected chi connectivity index (χ1v) is 9.94. The summed E-state index contributed by atoms with van der Waals surface area (Å²) in [6.07, 6.45) is 5.11. The van der Waals surface area contributed by atoms with Gasteiger partial charge in [-0.05, 0) is 36.8 Å². The number of hydrogen-bond donors (Lipinski definition) is 1. The molecule has 1 aromatic heterocycles. The minimum Gasteiger partial charge on any atom is -0.497 e. The molecule has 5 nitrogen and oxygen atoms in total. The Hall–Kier alpha value is -2.34. The van der Waals surface area contributed by atoms with Gasteiger partial charge in [0.15, 0.2) is 10.9 Å². The Morgan fingerprint density at radius 2 is 1.96 bits per heavy atom. The van der Waals surface area contributed by atoms with Crippen LogP contribution in [0.3, 0.4) is 0 Å². The van der Waals surface area contributed by atoms with Gasteiger partial charge in [0.2, 0.25) is 0 Å². The second kappa shape index (κ2) is 6.76. The smallest absolute Gasteiger partial charge is 0.189 e. The van der Waals surface area contributed by atoms with E-state index in [1.54, 1.807) is 7.11 Å². The number of thioether (sulfide) groups is 1. The van der Waals surface area contributed by atoms with E-state index in [1.165, 1.54) is 17.3 Å². The van der Waals surface area contributed by atoms with E-state index >= 15 is 0 Å². The molecular weight excluding hydrogens is 346 g/mol. The highest BCUT2D eigenvalue weighted by Gasteiger charge is 2.37. The van der Waals surface area contributed by atoms with Crippen molar-refractivity contribution in [1.29, 1.82) is 0 Å². The number of carbonyl (C=O) groups is 1. The van der Waals surface area contributed by atoms with Crippen LogP contribution in [-0.4, -0.2) is 29.1 Å². The lowest BCUT2D eigenvalue weighted by Gasteiger charge is -2.33. The summed E-state index contributed by atoms with van der Waals surface area (Å²) in [6, 6.07) is 7.86. The zero-order chi connectivity index (χ0) is 18.3. The number of hydrogen-bond acceptors (Lipinski definition) is 6. The molecule has 134 valence electrons. The summed E-state index contributed by atoms with van der Waals surface area (Å²) in [4.78, 5) is 22.0. The molecule has 1 atom stereocenters. The maximum Gasteiger partial charge on any atom is 0.189 e. The van der Waals surface area contributed by atoms with Gasteiger partial charge in [0, 0.05) is 29.9 Å². The van der Waals surface area contributed by atoms with E-state index in [0.717, 1.165) is 41.0 Å². The van der Waals surface area contributed by atoms with Crippen LogP contribution in [0, 0.1) is 0 Å². The number of nitrogens with zero attached hydrogens (tertiary/aromatic N) is 2. The molecule has 0 saturated carbocycles. The monoisotopic (exact) mass is 367 g/mol. The minimum absolute atomic E-state index is 0.191. The number of nitrogen functional groups attached to an aromatic ring is 1. The van der Waals surface area contributed by atoms with E-state index in [4.69, 9.17) is 15.5 Å². The molecule has 1 heterocycles. The molecule has 0 amide bonds. The number of methoxy groups -OCH3 is 1. The fourth-order valence-corrected chi connectivity index (χ4v) is 4.40. The van der Waals surface area contributed by atoms with Crippen LogP contribution in [0.25, 0.3) is 0 Å². The molecule has 0 saturated heterocycles. The number of allylic oxidation sites excluding steroid dienone is 2. The molecule has 4 rings (SSSR count). The number of ketones is 1. The van der Waals surface area contributed by atoms with E-state index in [-0.39, 0.29) is 11.7 Å². The molecule has 0 radical (unpaired) electrons. The second-order valence-corrected chi connectivity index (χ2v) is 7.41. The van der Waals surface area contributed by atoms with Crippen LogP contribution in [0.4, 0.5) is 5.82 Å². The first-order valence-electron chi connectivity index (χ1n) is 8.71. The van der Waals surface area contributed by atoms with Crippen LogP contribution in [0.1, 0.15) is 42.0 Å². The van der Waals surface area contributed by atoms with Crippen molar-refractivity contribution in [2.24, 2.45) is 0 Å². The van der Waals surface area contributed by atoms with Crippen molar-refractivity contribution in [3.63, 3.8) is 0 Å². The van der Waals surface area contributed by atoms with E-state index in [0.29, 0.717) is 23.8 Å². The molecule has 6 heteroatoms. The molecule has 26 heavy (non-hydrogen) atoms. The Kier molecular flexibility index (Phi) is 4.44. The van der Waals surface area contributed by atoms with E-state index in [2.05, 4.69) is 4.98 Å². The molecule has 0 fully saturated rings. The van der Waals surface area contributed by atoms with Gasteiger partial charge in [-0.3, -0.25) is 4.79 Å². The third-order valence-electron chi connectivity index (χ3n) is 5.19. The maximum atomic E-state index is 12.8. The van der Waals surface area contributed by atoms with Crippen molar-refractivity contribution >= 4 is 23.4 Å². The normalized spacial score (nSPS) is 19.2. The van der Waals surface area contributed by atoms with Crippen molar-refractivity contribution in [2.75, 3.05) is 19.1 Å². The lowest BCUT2D eigenvalue weighted by Crippen LogP contribution is -2.27. The van der Waals surface area contributed by atoms with Crippen LogP contribution in [0.15, 0.2) is 40.6 Å². The molecule has 1 unspecified atom stereocenters. The summed E-state index contributed by atoms with van der Waals surface area (Å²) < 4.78 is 5.28.